The Morgan fingerprint density at radius 3 is 2.55 bits per heavy atom. The van der Waals surface area contributed by atoms with E-state index in [0.29, 0.717) is 35.7 Å². The zero-order chi connectivity index (χ0) is 22.6. The van der Waals surface area contributed by atoms with Crippen LogP contribution in [-0.4, -0.2) is 29.9 Å². The van der Waals surface area contributed by atoms with Gasteiger partial charge in [0.05, 0.1) is 25.9 Å². The molecule has 2 aromatic carbocycles. The van der Waals surface area contributed by atoms with Crippen LogP contribution in [0.4, 0.5) is 4.39 Å². The Kier molecular flexibility index (Phi) is 10.1. The SMILES string of the molecule is CCCC(=NCc1ccccc1F)N/C(C)=C(\C=O)c1ccc(COC(C)CO)cc1. The highest BCUT2D eigenvalue weighted by Crippen LogP contribution is 2.18. The van der Waals surface area contributed by atoms with Gasteiger partial charge in [-0.05, 0) is 37.5 Å². The fraction of sp³-hybridized carbons (Fsp3) is 0.360. The molecule has 0 bridgehead atoms. The molecule has 0 aliphatic carbocycles. The van der Waals surface area contributed by atoms with Gasteiger partial charge in [-0.15, -0.1) is 0 Å². The van der Waals surface area contributed by atoms with Gasteiger partial charge in [0.2, 0.25) is 0 Å². The van der Waals surface area contributed by atoms with E-state index in [1.54, 1.807) is 25.1 Å². The van der Waals surface area contributed by atoms with Crippen molar-refractivity contribution in [2.45, 2.75) is 52.9 Å². The maximum atomic E-state index is 13.9. The van der Waals surface area contributed by atoms with Gasteiger partial charge in [0.15, 0.2) is 6.29 Å². The number of nitrogens with one attached hydrogen (secondary N) is 1. The molecule has 166 valence electrons. The van der Waals surface area contributed by atoms with Crippen molar-refractivity contribution < 1.29 is 19.0 Å². The van der Waals surface area contributed by atoms with Gasteiger partial charge in [-0.2, -0.15) is 0 Å². The molecule has 0 aromatic heterocycles. The maximum Gasteiger partial charge on any atom is 0.152 e. The minimum absolute atomic E-state index is 0.0282. The normalized spacial score (nSPS) is 13.5. The third-order valence-electron chi connectivity index (χ3n) is 4.80. The number of rotatable bonds is 11. The number of ether oxygens (including phenoxy) is 1. The van der Waals surface area contributed by atoms with E-state index in [4.69, 9.17) is 9.84 Å². The van der Waals surface area contributed by atoms with Crippen LogP contribution >= 0.6 is 0 Å². The Morgan fingerprint density at radius 2 is 1.94 bits per heavy atom. The van der Waals surface area contributed by atoms with E-state index in [0.717, 1.165) is 23.8 Å². The molecule has 1 atom stereocenters. The van der Waals surface area contributed by atoms with E-state index in [1.807, 2.05) is 38.1 Å². The first-order valence-electron chi connectivity index (χ1n) is 10.5. The Labute approximate surface area is 183 Å². The molecule has 31 heavy (non-hydrogen) atoms. The summed E-state index contributed by atoms with van der Waals surface area (Å²) in [7, 11) is 0. The molecule has 0 aliphatic heterocycles. The minimum atomic E-state index is -0.277. The van der Waals surface area contributed by atoms with Crippen LogP contribution in [-0.2, 0) is 22.7 Å². The number of carbonyl (C=O) groups is 1. The predicted molar refractivity (Wildman–Crippen MR) is 122 cm³/mol. The summed E-state index contributed by atoms with van der Waals surface area (Å²) in [6.45, 7) is 6.27. The number of hydrogen-bond donors (Lipinski definition) is 2. The molecule has 0 aliphatic rings. The Bertz CT molecular complexity index is 907. The molecule has 0 fully saturated rings. The zero-order valence-electron chi connectivity index (χ0n) is 18.4. The van der Waals surface area contributed by atoms with Crippen molar-refractivity contribution in [3.8, 4) is 0 Å². The molecule has 0 saturated heterocycles. The smallest absolute Gasteiger partial charge is 0.152 e. The molecule has 5 nitrogen and oxygen atoms in total. The van der Waals surface area contributed by atoms with Crippen molar-refractivity contribution in [2.75, 3.05) is 6.61 Å². The van der Waals surface area contributed by atoms with Crippen molar-refractivity contribution in [3.05, 3.63) is 76.7 Å². The van der Waals surface area contributed by atoms with Crippen LogP contribution in [0.25, 0.3) is 5.57 Å². The number of halogens is 1. The van der Waals surface area contributed by atoms with Crippen molar-refractivity contribution in [3.63, 3.8) is 0 Å². The number of hydrogen-bond acceptors (Lipinski definition) is 4. The van der Waals surface area contributed by atoms with Crippen molar-refractivity contribution >= 4 is 17.7 Å². The summed E-state index contributed by atoms with van der Waals surface area (Å²) in [5.74, 6) is 0.436. The van der Waals surface area contributed by atoms with E-state index in [9.17, 15) is 9.18 Å². The predicted octanol–water partition coefficient (Wildman–Crippen LogP) is 4.64. The van der Waals surface area contributed by atoms with Crippen LogP contribution in [0.5, 0.6) is 0 Å². The summed E-state index contributed by atoms with van der Waals surface area (Å²) in [6.07, 6.45) is 2.16. The average molecular weight is 427 g/mol. The Balaban J connectivity index is 2.15. The molecule has 0 radical (unpaired) electrons. The number of aldehydes is 1. The summed E-state index contributed by atoms with van der Waals surface area (Å²) in [5.41, 5.74) is 3.49. The number of aliphatic hydroxyl groups is 1. The highest BCUT2D eigenvalue weighted by atomic mass is 19.1. The first kappa shape index (κ1) is 24.4. The summed E-state index contributed by atoms with van der Waals surface area (Å²) >= 11 is 0. The first-order valence-corrected chi connectivity index (χ1v) is 10.5. The van der Waals surface area contributed by atoms with Crippen LogP contribution in [0.3, 0.4) is 0 Å². The Hall–Kier alpha value is -2.83. The van der Waals surface area contributed by atoms with E-state index < -0.39 is 0 Å². The van der Waals surface area contributed by atoms with Gasteiger partial charge in [-0.3, -0.25) is 9.79 Å². The van der Waals surface area contributed by atoms with Crippen LogP contribution in [0, 0.1) is 5.82 Å². The largest absolute Gasteiger partial charge is 0.394 e. The molecule has 0 spiro atoms. The maximum absolute atomic E-state index is 13.9. The van der Waals surface area contributed by atoms with Gasteiger partial charge < -0.3 is 15.2 Å². The zero-order valence-corrected chi connectivity index (χ0v) is 18.4. The highest BCUT2D eigenvalue weighted by molar-refractivity contribution is 6.08. The van der Waals surface area contributed by atoms with Gasteiger partial charge in [0, 0.05) is 23.3 Å². The standard InChI is InChI=1S/C25H31FN2O3/c1-4-7-25(27-14-22-8-5-6-9-24(22)26)28-19(3)23(16-30)21-12-10-20(11-13-21)17-31-18(2)15-29/h5-6,8-13,16,18,29H,4,7,14-15,17H2,1-3H3,(H,27,28)/b23-19+. The monoisotopic (exact) mass is 426 g/mol. The molecular weight excluding hydrogens is 395 g/mol. The number of allylic oxidation sites excluding steroid dienone is 2. The first-order chi connectivity index (χ1) is 15.0. The molecule has 2 aromatic rings. The van der Waals surface area contributed by atoms with Gasteiger partial charge in [-0.25, -0.2) is 4.39 Å². The van der Waals surface area contributed by atoms with Crippen LogP contribution in [0.15, 0.2) is 59.2 Å². The van der Waals surface area contributed by atoms with E-state index >= 15 is 0 Å². The molecular formula is C25H31FN2O3. The van der Waals surface area contributed by atoms with Crippen molar-refractivity contribution in [1.82, 2.24) is 5.32 Å². The second-order valence-electron chi connectivity index (χ2n) is 7.39. The fourth-order valence-electron chi connectivity index (χ4n) is 2.95. The van der Waals surface area contributed by atoms with Crippen LogP contribution < -0.4 is 5.32 Å². The fourth-order valence-corrected chi connectivity index (χ4v) is 2.95. The van der Waals surface area contributed by atoms with E-state index in [2.05, 4.69) is 10.3 Å². The summed E-state index contributed by atoms with van der Waals surface area (Å²) in [6, 6.07) is 14.1. The minimum Gasteiger partial charge on any atom is -0.394 e. The topological polar surface area (TPSA) is 70.9 Å². The van der Waals surface area contributed by atoms with E-state index in [-0.39, 0.29) is 25.1 Å². The molecule has 0 saturated carbocycles. The summed E-state index contributed by atoms with van der Waals surface area (Å²) in [4.78, 5) is 16.3. The number of aliphatic hydroxyl groups excluding tert-OH is 1. The lowest BCUT2D eigenvalue weighted by atomic mass is 10.0. The van der Waals surface area contributed by atoms with Gasteiger partial charge in [0.25, 0.3) is 0 Å². The molecule has 0 amide bonds. The molecule has 0 heterocycles. The van der Waals surface area contributed by atoms with Crippen molar-refractivity contribution in [2.24, 2.45) is 4.99 Å². The second kappa shape index (κ2) is 12.8. The van der Waals surface area contributed by atoms with Gasteiger partial charge in [0.1, 0.15) is 11.7 Å². The third kappa shape index (κ3) is 7.74. The summed E-state index contributed by atoms with van der Waals surface area (Å²) < 4.78 is 19.4. The number of carbonyl (C=O) groups excluding carboxylic acids is 1. The lowest BCUT2D eigenvalue weighted by molar-refractivity contribution is -0.103. The Morgan fingerprint density at radius 1 is 1.23 bits per heavy atom. The number of benzene rings is 2. The quantitative estimate of drug-likeness (QED) is 0.238. The van der Waals surface area contributed by atoms with Crippen LogP contribution in [0.1, 0.15) is 50.3 Å². The van der Waals surface area contributed by atoms with Gasteiger partial charge in [-0.1, -0.05) is 49.4 Å². The summed E-state index contributed by atoms with van der Waals surface area (Å²) in [5, 5.41) is 12.3. The van der Waals surface area contributed by atoms with Crippen LogP contribution in [0.2, 0.25) is 0 Å². The number of nitrogens with zero attached hydrogens (tertiary/aromatic N) is 1. The number of amidine groups is 1. The third-order valence-corrected chi connectivity index (χ3v) is 4.80. The molecule has 1 unspecified atom stereocenters. The lowest BCUT2D eigenvalue weighted by Crippen LogP contribution is -2.23. The van der Waals surface area contributed by atoms with Crippen molar-refractivity contribution in [1.29, 1.82) is 0 Å². The molecule has 2 rings (SSSR count). The average Bonchev–Trinajstić information content (AvgIpc) is 2.78. The van der Waals surface area contributed by atoms with Gasteiger partial charge >= 0.3 is 0 Å². The lowest BCUT2D eigenvalue weighted by Gasteiger charge is -2.14. The molecule has 6 heteroatoms. The second-order valence-corrected chi connectivity index (χ2v) is 7.39. The van der Waals surface area contributed by atoms with E-state index in [1.165, 1.54) is 6.07 Å². The highest BCUT2D eigenvalue weighted by Gasteiger charge is 2.09. The number of aliphatic imine (C=N–C) groups is 1. The molecule has 2 N–H and O–H groups in total.